The number of aliphatic hydroxyl groups is 1. The van der Waals surface area contributed by atoms with Crippen LogP contribution < -0.4 is 20.7 Å². The number of halogens is 1. The number of aromatic amines is 1. The van der Waals surface area contributed by atoms with E-state index in [4.69, 9.17) is 23.7 Å². The SMILES string of the molecule is Cc1cc(F)cc(C)c1OC1CC=C(C(C)(C)O)C=C1/C(=C/N(C)C)c1cc(C(=O)NCCOCCOCCOCCOCCC(=O)Nc2cccc3c2C(=O)NC3)[nH]c1C=O. The Morgan fingerprint density at radius 2 is 1.61 bits per heavy atom. The van der Waals surface area contributed by atoms with Gasteiger partial charge < -0.3 is 54.6 Å². The van der Waals surface area contributed by atoms with E-state index in [2.05, 4.69) is 20.9 Å². The number of H-pyrrole nitrogens is 1. The highest BCUT2D eigenvalue weighted by Gasteiger charge is 2.31. The normalized spacial score (nSPS) is 15.1. The van der Waals surface area contributed by atoms with E-state index in [0.29, 0.717) is 109 Å². The molecule has 1 aromatic heterocycles. The predicted octanol–water partition coefficient (Wildman–Crippen LogP) is 5.03. The number of hydrogen-bond acceptors (Lipinski definition) is 11. The molecule has 3 aromatic rings. The zero-order chi connectivity index (χ0) is 44.8. The third kappa shape index (κ3) is 13.2. The van der Waals surface area contributed by atoms with Crippen LogP contribution >= 0.6 is 0 Å². The van der Waals surface area contributed by atoms with E-state index in [1.54, 1.807) is 45.9 Å². The van der Waals surface area contributed by atoms with Crippen molar-refractivity contribution in [3.63, 3.8) is 0 Å². The Balaban J connectivity index is 1.02. The van der Waals surface area contributed by atoms with E-state index < -0.39 is 17.6 Å². The van der Waals surface area contributed by atoms with Crippen LogP contribution in [0.1, 0.15) is 80.3 Å². The Bertz CT molecular complexity index is 2150. The van der Waals surface area contributed by atoms with Crippen LogP contribution in [0.3, 0.4) is 0 Å². The molecule has 334 valence electrons. The van der Waals surface area contributed by atoms with Gasteiger partial charge in [-0.05, 0) is 80.3 Å². The summed E-state index contributed by atoms with van der Waals surface area (Å²) in [5.41, 5.74) is 4.72. The fraction of sp³-hybridized carbons (Fsp3) is 0.435. The van der Waals surface area contributed by atoms with Crippen molar-refractivity contribution in [2.24, 2.45) is 0 Å². The fourth-order valence-corrected chi connectivity index (χ4v) is 7.02. The van der Waals surface area contributed by atoms with Gasteiger partial charge in [-0.25, -0.2) is 4.39 Å². The number of rotatable bonds is 24. The molecule has 15 nitrogen and oxygen atoms in total. The first-order valence-corrected chi connectivity index (χ1v) is 20.6. The molecule has 3 amide bonds. The van der Waals surface area contributed by atoms with Gasteiger partial charge in [0.15, 0.2) is 6.29 Å². The lowest BCUT2D eigenvalue weighted by molar-refractivity contribution is -0.117. The van der Waals surface area contributed by atoms with Crippen molar-refractivity contribution >= 4 is 35.3 Å². The largest absolute Gasteiger partial charge is 0.485 e. The van der Waals surface area contributed by atoms with Crippen LogP contribution in [-0.4, -0.2) is 124 Å². The summed E-state index contributed by atoms with van der Waals surface area (Å²) in [6.45, 7) is 10.0. The van der Waals surface area contributed by atoms with E-state index >= 15 is 0 Å². The van der Waals surface area contributed by atoms with Gasteiger partial charge in [0.2, 0.25) is 5.91 Å². The molecular formula is C46H58FN5O10. The van der Waals surface area contributed by atoms with Gasteiger partial charge in [-0.3, -0.25) is 19.2 Å². The van der Waals surface area contributed by atoms with Gasteiger partial charge in [0.25, 0.3) is 11.8 Å². The topological polar surface area (TPSA) is 190 Å². The number of amides is 3. The molecule has 0 saturated heterocycles. The van der Waals surface area contributed by atoms with Crippen LogP contribution in [0.4, 0.5) is 10.1 Å². The molecule has 5 N–H and O–H groups in total. The van der Waals surface area contributed by atoms with E-state index in [0.717, 1.165) is 5.56 Å². The third-order valence-electron chi connectivity index (χ3n) is 10.0. The van der Waals surface area contributed by atoms with E-state index in [1.165, 1.54) is 12.1 Å². The van der Waals surface area contributed by atoms with Gasteiger partial charge in [0.05, 0.1) is 81.8 Å². The number of hydrogen-bond donors (Lipinski definition) is 5. The van der Waals surface area contributed by atoms with Crippen LogP contribution in [0, 0.1) is 19.7 Å². The van der Waals surface area contributed by atoms with E-state index in [-0.39, 0.29) is 55.2 Å². The highest BCUT2D eigenvalue weighted by atomic mass is 19.1. The molecule has 1 aliphatic heterocycles. The maximum atomic E-state index is 14.2. The second kappa shape index (κ2) is 22.4. The Morgan fingerprint density at radius 3 is 2.24 bits per heavy atom. The van der Waals surface area contributed by atoms with Gasteiger partial charge in [-0.1, -0.05) is 18.2 Å². The average molecular weight is 860 g/mol. The lowest BCUT2D eigenvalue weighted by Gasteiger charge is -2.31. The number of carbonyl (C=O) groups excluding carboxylic acids is 4. The molecule has 2 aromatic carbocycles. The molecule has 62 heavy (non-hydrogen) atoms. The summed E-state index contributed by atoms with van der Waals surface area (Å²) in [6.07, 6.45) is 6.21. The zero-order valence-corrected chi connectivity index (χ0v) is 36.3. The minimum Gasteiger partial charge on any atom is -0.485 e. The lowest BCUT2D eigenvalue weighted by atomic mass is 9.83. The Morgan fingerprint density at radius 1 is 0.968 bits per heavy atom. The molecule has 1 aliphatic carbocycles. The maximum Gasteiger partial charge on any atom is 0.267 e. The second-order valence-corrected chi connectivity index (χ2v) is 15.7. The zero-order valence-electron chi connectivity index (χ0n) is 36.3. The van der Waals surface area contributed by atoms with Crippen molar-refractivity contribution in [2.75, 3.05) is 78.8 Å². The number of ether oxygens (including phenoxy) is 5. The van der Waals surface area contributed by atoms with Crippen molar-refractivity contribution in [2.45, 2.75) is 58.8 Å². The van der Waals surface area contributed by atoms with Crippen LogP contribution in [0.15, 0.2) is 65.9 Å². The monoisotopic (exact) mass is 859 g/mol. The Kier molecular flexibility index (Phi) is 17.2. The van der Waals surface area contributed by atoms with Crippen molar-refractivity contribution in [1.82, 2.24) is 20.5 Å². The molecule has 5 rings (SSSR count). The lowest BCUT2D eigenvalue weighted by Crippen LogP contribution is -2.29. The predicted molar refractivity (Wildman–Crippen MR) is 232 cm³/mol. The fourth-order valence-electron chi connectivity index (χ4n) is 7.02. The van der Waals surface area contributed by atoms with Crippen molar-refractivity contribution in [3.8, 4) is 5.75 Å². The number of aldehydes is 1. The number of carbonyl (C=O) groups is 4. The number of aromatic nitrogens is 1. The number of aryl methyl sites for hydroxylation is 2. The summed E-state index contributed by atoms with van der Waals surface area (Å²) in [5.74, 6) is -0.689. The van der Waals surface area contributed by atoms with Gasteiger partial charge in [0.1, 0.15) is 23.4 Å². The van der Waals surface area contributed by atoms with Crippen LogP contribution in [0.2, 0.25) is 0 Å². The first-order chi connectivity index (χ1) is 29.7. The summed E-state index contributed by atoms with van der Waals surface area (Å²) in [7, 11) is 3.68. The van der Waals surface area contributed by atoms with Gasteiger partial charge in [0, 0.05) is 56.5 Å². The van der Waals surface area contributed by atoms with Gasteiger partial charge >= 0.3 is 0 Å². The molecule has 0 radical (unpaired) electrons. The number of nitrogens with zero attached hydrogens (tertiary/aromatic N) is 1. The van der Waals surface area contributed by atoms with E-state index in [1.807, 2.05) is 43.4 Å². The summed E-state index contributed by atoms with van der Waals surface area (Å²) >= 11 is 0. The molecule has 1 atom stereocenters. The Hall–Kier alpha value is -5.65. The highest BCUT2D eigenvalue weighted by Crippen LogP contribution is 2.39. The van der Waals surface area contributed by atoms with Crippen molar-refractivity contribution in [3.05, 3.63) is 111 Å². The molecular weight excluding hydrogens is 802 g/mol. The first-order valence-electron chi connectivity index (χ1n) is 20.6. The summed E-state index contributed by atoms with van der Waals surface area (Å²) in [4.78, 5) is 54.8. The standard InChI is InChI=1S/C46H58FN5O10/c1-29-22-33(47)23-30(2)43(29)62-40-11-10-32(46(3,4)57)24-35(40)36(27-52(5)6)34-25-38(50-39(34)28-53)44(55)48-13-15-59-17-19-61-21-20-60-18-16-58-14-12-41(54)51-37-9-7-8-31-26-49-45(56)42(31)37/h7-10,22-25,27-28,40,50,57H,11-21,26H2,1-6H3,(H,48,55)(H,49,56)(H,51,54)/b36-27+. The van der Waals surface area contributed by atoms with Gasteiger partial charge in [-0.15, -0.1) is 0 Å². The minimum atomic E-state index is -1.17. The van der Waals surface area contributed by atoms with Crippen LogP contribution in [-0.2, 0) is 30.3 Å². The van der Waals surface area contributed by atoms with Crippen molar-refractivity contribution < 1.29 is 52.4 Å². The molecule has 0 saturated carbocycles. The van der Waals surface area contributed by atoms with Crippen molar-refractivity contribution in [1.29, 1.82) is 0 Å². The van der Waals surface area contributed by atoms with E-state index in [9.17, 15) is 28.7 Å². The highest BCUT2D eigenvalue weighted by molar-refractivity contribution is 6.06. The van der Waals surface area contributed by atoms with Gasteiger partial charge in [-0.2, -0.15) is 0 Å². The molecule has 2 heterocycles. The summed E-state index contributed by atoms with van der Waals surface area (Å²) < 4.78 is 42.9. The number of benzene rings is 2. The quantitative estimate of drug-likeness (QED) is 0.0601. The van der Waals surface area contributed by atoms with Crippen LogP contribution in [0.5, 0.6) is 5.75 Å². The molecule has 0 spiro atoms. The summed E-state index contributed by atoms with van der Waals surface area (Å²) in [5, 5.41) is 19.3. The second-order valence-electron chi connectivity index (χ2n) is 15.7. The molecule has 16 heteroatoms. The minimum absolute atomic E-state index is 0.142. The average Bonchev–Trinajstić information content (AvgIpc) is 3.83. The summed E-state index contributed by atoms with van der Waals surface area (Å²) in [6, 6.07) is 9.80. The number of fused-ring (bicyclic) bond motifs is 1. The molecule has 1 unspecified atom stereocenters. The van der Waals surface area contributed by atoms with Crippen LogP contribution in [0.25, 0.3) is 5.57 Å². The maximum absolute atomic E-state index is 14.2. The first kappa shape index (κ1) is 47.4. The number of anilines is 1. The molecule has 2 aliphatic rings. The molecule has 0 bridgehead atoms. The third-order valence-corrected chi connectivity index (χ3v) is 10.0. The Labute approximate surface area is 361 Å². The smallest absolute Gasteiger partial charge is 0.267 e. The molecule has 0 fully saturated rings. The number of nitrogens with one attached hydrogen (secondary N) is 4.